The lowest BCUT2D eigenvalue weighted by Crippen LogP contribution is -2.51. The van der Waals surface area contributed by atoms with Gasteiger partial charge in [-0.1, -0.05) is 78.1 Å². The van der Waals surface area contributed by atoms with Crippen LogP contribution in [0.4, 0.5) is 5.69 Å². The average molecular weight is 597 g/mol. The lowest BCUT2D eigenvalue weighted by Gasteiger charge is -2.32. The van der Waals surface area contributed by atoms with E-state index in [4.69, 9.17) is 34.8 Å². The highest BCUT2D eigenvalue weighted by molar-refractivity contribution is 7.92. The maximum atomic E-state index is 13.8. The minimum absolute atomic E-state index is 0.00715. The number of carbonyl (C=O) groups excluding carboxylic acids is 2. The van der Waals surface area contributed by atoms with E-state index in [1.165, 1.54) is 35.2 Å². The third-order valence-corrected chi connectivity index (χ3v) is 8.48. The van der Waals surface area contributed by atoms with Gasteiger partial charge in [-0.05, 0) is 55.3 Å². The second-order valence-electron chi connectivity index (χ2n) is 8.50. The van der Waals surface area contributed by atoms with Crippen LogP contribution in [0.3, 0.4) is 0 Å². The number of anilines is 1. The fraction of sp³-hybridized carbons (Fsp3) is 0.259. The molecule has 0 aliphatic heterocycles. The number of nitrogens with one attached hydrogen (secondary N) is 1. The van der Waals surface area contributed by atoms with Crippen molar-refractivity contribution in [2.75, 3.05) is 17.4 Å². The van der Waals surface area contributed by atoms with E-state index in [1.807, 2.05) is 6.92 Å². The summed E-state index contributed by atoms with van der Waals surface area (Å²) in [5.41, 5.74) is 0.689. The van der Waals surface area contributed by atoms with Crippen LogP contribution in [0.5, 0.6) is 0 Å². The topological polar surface area (TPSA) is 86.8 Å². The largest absolute Gasteiger partial charge is 0.354 e. The van der Waals surface area contributed by atoms with Crippen LogP contribution in [0.15, 0.2) is 77.7 Å². The first-order valence-electron chi connectivity index (χ1n) is 11.9. The summed E-state index contributed by atoms with van der Waals surface area (Å²) in [5.74, 6) is -0.983. The van der Waals surface area contributed by atoms with E-state index in [9.17, 15) is 18.0 Å². The van der Waals surface area contributed by atoms with Crippen molar-refractivity contribution in [1.29, 1.82) is 0 Å². The monoisotopic (exact) mass is 595 g/mol. The zero-order valence-corrected chi connectivity index (χ0v) is 24.0. The standard InChI is InChI=1S/C27H28Cl3N3O4S/c1-3-15-31-27(35)19(2)32(17-20-9-7-8-12-23(20)29)26(34)18-33(25-14-13-21(28)16-24(25)30)38(36,37)22-10-5-4-6-11-22/h4-14,16,19H,3,15,17-18H2,1-2H3,(H,31,35). The first kappa shape index (κ1) is 29.8. The molecule has 0 aliphatic carbocycles. The van der Waals surface area contributed by atoms with Crippen molar-refractivity contribution in [3.8, 4) is 0 Å². The molecule has 0 saturated heterocycles. The molecular formula is C27H28Cl3N3O4S. The Morgan fingerprint density at radius 1 is 0.921 bits per heavy atom. The fourth-order valence-electron chi connectivity index (χ4n) is 3.71. The lowest BCUT2D eigenvalue weighted by atomic mass is 10.1. The molecule has 1 atom stereocenters. The average Bonchev–Trinajstić information content (AvgIpc) is 2.90. The number of sulfonamides is 1. The molecule has 3 aromatic carbocycles. The summed E-state index contributed by atoms with van der Waals surface area (Å²) >= 11 is 18.8. The molecule has 0 heterocycles. The number of amides is 2. The zero-order valence-electron chi connectivity index (χ0n) is 20.9. The van der Waals surface area contributed by atoms with Gasteiger partial charge in [0, 0.05) is 23.1 Å². The highest BCUT2D eigenvalue weighted by Gasteiger charge is 2.33. The molecule has 0 saturated carbocycles. The van der Waals surface area contributed by atoms with Crippen LogP contribution in [-0.4, -0.2) is 44.3 Å². The molecule has 1 N–H and O–H groups in total. The summed E-state index contributed by atoms with van der Waals surface area (Å²) in [6, 6.07) is 18.1. The second-order valence-corrected chi connectivity index (χ2v) is 11.6. The molecule has 0 radical (unpaired) electrons. The Hall–Kier alpha value is -2.78. The molecule has 11 heteroatoms. The SMILES string of the molecule is CCCNC(=O)C(C)N(Cc1ccccc1Cl)C(=O)CN(c1ccc(Cl)cc1Cl)S(=O)(=O)c1ccccc1. The molecular weight excluding hydrogens is 569 g/mol. The predicted octanol–water partition coefficient (Wildman–Crippen LogP) is 5.79. The summed E-state index contributed by atoms with van der Waals surface area (Å²) < 4.78 is 28.4. The van der Waals surface area contributed by atoms with E-state index in [0.717, 1.165) is 10.7 Å². The number of rotatable bonds is 11. The summed E-state index contributed by atoms with van der Waals surface area (Å²) in [6.07, 6.45) is 0.717. The molecule has 0 fully saturated rings. The number of hydrogen-bond donors (Lipinski definition) is 1. The minimum Gasteiger partial charge on any atom is -0.354 e. The van der Waals surface area contributed by atoms with Crippen LogP contribution in [0.25, 0.3) is 0 Å². The van der Waals surface area contributed by atoms with Crippen molar-refractivity contribution < 1.29 is 18.0 Å². The van der Waals surface area contributed by atoms with E-state index < -0.39 is 28.5 Å². The Morgan fingerprint density at radius 2 is 1.58 bits per heavy atom. The Morgan fingerprint density at radius 3 is 2.21 bits per heavy atom. The zero-order chi connectivity index (χ0) is 27.9. The molecule has 1 unspecified atom stereocenters. The van der Waals surface area contributed by atoms with Gasteiger partial charge in [-0.15, -0.1) is 0 Å². The number of benzene rings is 3. The Balaban J connectivity index is 2.05. The van der Waals surface area contributed by atoms with Gasteiger partial charge in [0.2, 0.25) is 11.8 Å². The quantitative estimate of drug-likeness (QED) is 0.304. The maximum absolute atomic E-state index is 13.8. The molecule has 0 spiro atoms. The smallest absolute Gasteiger partial charge is 0.264 e. The summed E-state index contributed by atoms with van der Waals surface area (Å²) in [7, 11) is -4.23. The summed E-state index contributed by atoms with van der Waals surface area (Å²) in [4.78, 5) is 28.0. The third kappa shape index (κ3) is 7.20. The molecule has 3 rings (SSSR count). The van der Waals surface area contributed by atoms with E-state index in [0.29, 0.717) is 22.2 Å². The van der Waals surface area contributed by atoms with E-state index in [-0.39, 0.29) is 28.1 Å². The highest BCUT2D eigenvalue weighted by Crippen LogP contribution is 2.33. The Bertz CT molecular complexity index is 1390. The maximum Gasteiger partial charge on any atom is 0.264 e. The summed E-state index contributed by atoms with van der Waals surface area (Å²) in [5, 5.41) is 3.57. The molecule has 38 heavy (non-hydrogen) atoms. The van der Waals surface area contributed by atoms with Gasteiger partial charge in [0.05, 0.1) is 15.6 Å². The van der Waals surface area contributed by atoms with Gasteiger partial charge >= 0.3 is 0 Å². The van der Waals surface area contributed by atoms with Crippen LogP contribution < -0.4 is 9.62 Å². The van der Waals surface area contributed by atoms with Crippen LogP contribution in [0, 0.1) is 0 Å². The Labute approximate surface area is 238 Å². The van der Waals surface area contributed by atoms with Crippen molar-refractivity contribution in [3.63, 3.8) is 0 Å². The van der Waals surface area contributed by atoms with Gasteiger partial charge in [-0.25, -0.2) is 8.42 Å². The van der Waals surface area contributed by atoms with Gasteiger partial charge in [0.25, 0.3) is 10.0 Å². The van der Waals surface area contributed by atoms with Crippen molar-refractivity contribution in [1.82, 2.24) is 10.2 Å². The van der Waals surface area contributed by atoms with Gasteiger partial charge in [-0.2, -0.15) is 0 Å². The van der Waals surface area contributed by atoms with Crippen molar-refractivity contribution in [3.05, 3.63) is 93.4 Å². The first-order chi connectivity index (χ1) is 18.1. The third-order valence-electron chi connectivity index (χ3n) is 5.80. The van der Waals surface area contributed by atoms with E-state index in [1.54, 1.807) is 49.4 Å². The minimum atomic E-state index is -4.23. The van der Waals surface area contributed by atoms with Crippen molar-refractivity contribution in [2.24, 2.45) is 0 Å². The van der Waals surface area contributed by atoms with E-state index >= 15 is 0 Å². The van der Waals surface area contributed by atoms with Gasteiger partial charge in [0.15, 0.2) is 0 Å². The van der Waals surface area contributed by atoms with Crippen LogP contribution in [-0.2, 0) is 26.2 Å². The molecule has 7 nitrogen and oxygen atoms in total. The first-order valence-corrected chi connectivity index (χ1v) is 14.5. The van der Waals surface area contributed by atoms with Crippen LogP contribution in [0.1, 0.15) is 25.8 Å². The van der Waals surface area contributed by atoms with Gasteiger partial charge in [-0.3, -0.25) is 13.9 Å². The number of halogens is 3. The number of nitrogens with zero attached hydrogens (tertiary/aromatic N) is 2. The molecule has 0 aliphatic rings. The number of hydrogen-bond acceptors (Lipinski definition) is 4. The van der Waals surface area contributed by atoms with Crippen molar-refractivity contribution >= 4 is 62.3 Å². The van der Waals surface area contributed by atoms with Crippen molar-refractivity contribution in [2.45, 2.75) is 37.8 Å². The van der Waals surface area contributed by atoms with Gasteiger partial charge in [0.1, 0.15) is 12.6 Å². The predicted molar refractivity (Wildman–Crippen MR) is 152 cm³/mol. The second kappa shape index (κ2) is 13.3. The molecule has 202 valence electrons. The van der Waals surface area contributed by atoms with Crippen LogP contribution >= 0.6 is 34.8 Å². The molecule has 0 aromatic heterocycles. The van der Waals surface area contributed by atoms with Gasteiger partial charge < -0.3 is 10.2 Å². The molecule has 0 bridgehead atoms. The normalized spacial score (nSPS) is 12.0. The fourth-order valence-corrected chi connectivity index (χ4v) is 5.92. The van der Waals surface area contributed by atoms with Crippen LogP contribution in [0.2, 0.25) is 15.1 Å². The highest BCUT2D eigenvalue weighted by atomic mass is 35.5. The lowest BCUT2D eigenvalue weighted by molar-refractivity contribution is -0.139. The number of carbonyl (C=O) groups is 2. The summed E-state index contributed by atoms with van der Waals surface area (Å²) in [6.45, 7) is 3.32. The molecule has 3 aromatic rings. The van der Waals surface area contributed by atoms with E-state index in [2.05, 4.69) is 5.32 Å². The Kier molecular flexibility index (Phi) is 10.4. The molecule has 2 amide bonds.